The third-order valence-electron chi connectivity index (χ3n) is 1.32. The summed E-state index contributed by atoms with van der Waals surface area (Å²) in [5, 5.41) is 7.68. The molecule has 4 nitrogen and oxygen atoms in total. The molecule has 1 aromatic heterocycles. The molecule has 0 aromatic carbocycles. The predicted molar refractivity (Wildman–Crippen MR) is 52.5 cm³/mol. The van der Waals surface area contributed by atoms with E-state index in [1.165, 1.54) is 0 Å². The summed E-state index contributed by atoms with van der Waals surface area (Å²) in [7, 11) is 0. The fourth-order valence-electron chi connectivity index (χ4n) is 0.837. The number of halogens is 1. The molecule has 1 N–H and O–H groups in total. The highest BCUT2D eigenvalue weighted by Gasteiger charge is 2.10. The minimum atomic E-state index is 0.274. The summed E-state index contributed by atoms with van der Waals surface area (Å²) >= 11 is 8.03. The Morgan fingerprint density at radius 1 is 1.42 bits per heavy atom. The molecule has 12 heavy (non-hydrogen) atoms. The molecule has 1 aromatic rings. The number of aromatic amines is 1. The molecule has 60 valence electrons. The zero-order valence-corrected chi connectivity index (χ0v) is 8.19. The van der Waals surface area contributed by atoms with Crippen molar-refractivity contribution in [1.29, 1.82) is 0 Å². The van der Waals surface area contributed by atoms with E-state index in [1.807, 2.05) is 6.07 Å². The van der Waals surface area contributed by atoms with Gasteiger partial charge in [0.2, 0.25) is 10.9 Å². The summed E-state index contributed by atoms with van der Waals surface area (Å²) in [6.07, 6.45) is 1.80. The van der Waals surface area contributed by atoms with Crippen LogP contribution in [0.5, 0.6) is 0 Å². The fraction of sp³-hybridized carbons (Fsp3) is 0. The van der Waals surface area contributed by atoms with E-state index in [4.69, 9.17) is 12.2 Å². The van der Waals surface area contributed by atoms with Gasteiger partial charge in [-0.25, -0.2) is 0 Å². The molecule has 6 heteroatoms. The molecule has 0 unspecified atom stereocenters. The Hall–Kier alpha value is -0.880. The smallest absolute Gasteiger partial charge is 0.242 e. The minimum Gasteiger partial charge on any atom is -0.357 e. The molecule has 2 rings (SSSR count). The van der Waals surface area contributed by atoms with Crippen LogP contribution in [0.3, 0.4) is 0 Å². The number of thiocarbonyl (C=S) groups is 1. The van der Waals surface area contributed by atoms with E-state index in [0.29, 0.717) is 5.84 Å². The van der Waals surface area contributed by atoms with E-state index in [-0.39, 0.29) is 5.11 Å². The lowest BCUT2D eigenvalue weighted by atomic mass is 10.4. The fourth-order valence-corrected chi connectivity index (χ4v) is 1.31. The zero-order valence-electron chi connectivity index (χ0n) is 5.78. The number of aliphatic imine (C=N–C) groups is 1. The van der Waals surface area contributed by atoms with Crippen LogP contribution in [0.2, 0.25) is 0 Å². The summed E-state index contributed by atoms with van der Waals surface area (Å²) in [4.78, 5) is 6.91. The van der Waals surface area contributed by atoms with Gasteiger partial charge in [0.1, 0.15) is 0 Å². The molecule has 0 radical (unpaired) electrons. The average molecular weight is 243 g/mol. The number of azo groups is 1. The lowest BCUT2D eigenvalue weighted by molar-refractivity contribution is 1.32. The van der Waals surface area contributed by atoms with Gasteiger partial charge in [-0.1, -0.05) is 0 Å². The predicted octanol–water partition coefficient (Wildman–Crippen LogP) is 2.27. The second-order valence-electron chi connectivity index (χ2n) is 2.15. The molecule has 0 fully saturated rings. The highest BCUT2D eigenvalue weighted by molar-refractivity contribution is 9.10. The van der Waals surface area contributed by atoms with Gasteiger partial charge in [-0.15, -0.1) is 10.2 Å². The van der Waals surface area contributed by atoms with Gasteiger partial charge in [0.05, 0.1) is 5.69 Å². The van der Waals surface area contributed by atoms with E-state index < -0.39 is 0 Å². The SMILES string of the molecule is S=C1N=NC(c2cc(Br)c[nH]2)=N1. The van der Waals surface area contributed by atoms with Crippen LogP contribution < -0.4 is 0 Å². The molecule has 1 aliphatic rings. The number of H-pyrrole nitrogens is 1. The van der Waals surface area contributed by atoms with Gasteiger partial charge in [-0.3, -0.25) is 0 Å². The second kappa shape index (κ2) is 2.87. The van der Waals surface area contributed by atoms with Crippen LogP contribution in [0.15, 0.2) is 32.0 Å². The average Bonchev–Trinajstić information content (AvgIpc) is 2.58. The Balaban J connectivity index is 2.39. The maximum Gasteiger partial charge on any atom is 0.242 e. The van der Waals surface area contributed by atoms with E-state index >= 15 is 0 Å². The molecule has 0 bridgehead atoms. The van der Waals surface area contributed by atoms with E-state index in [0.717, 1.165) is 10.2 Å². The first-order valence-corrected chi connectivity index (χ1v) is 4.34. The maximum atomic E-state index is 4.73. The summed E-state index contributed by atoms with van der Waals surface area (Å²) in [5.41, 5.74) is 0.811. The molecule has 0 aliphatic carbocycles. The molecular weight excluding hydrogens is 240 g/mol. The van der Waals surface area contributed by atoms with E-state index in [9.17, 15) is 0 Å². The summed E-state index contributed by atoms with van der Waals surface area (Å²) < 4.78 is 0.952. The van der Waals surface area contributed by atoms with Gasteiger partial charge in [0, 0.05) is 10.7 Å². The molecule has 1 aliphatic heterocycles. The third kappa shape index (κ3) is 1.35. The van der Waals surface area contributed by atoms with Gasteiger partial charge in [-0.05, 0) is 34.2 Å². The molecule has 0 spiro atoms. The number of nitrogens with one attached hydrogen (secondary N) is 1. The molecule has 0 saturated heterocycles. The summed E-state index contributed by atoms with van der Waals surface area (Å²) in [6, 6.07) is 1.87. The van der Waals surface area contributed by atoms with Crippen LogP contribution in [-0.2, 0) is 0 Å². The lowest BCUT2D eigenvalue weighted by Crippen LogP contribution is -1.93. The highest BCUT2D eigenvalue weighted by Crippen LogP contribution is 2.14. The Bertz CT molecular complexity index is 392. The number of aromatic nitrogens is 1. The first-order chi connectivity index (χ1) is 5.75. The van der Waals surface area contributed by atoms with Crippen molar-refractivity contribution in [3.63, 3.8) is 0 Å². The van der Waals surface area contributed by atoms with Crippen molar-refractivity contribution in [2.24, 2.45) is 15.2 Å². The molecule has 2 heterocycles. The number of nitrogens with zero attached hydrogens (tertiary/aromatic N) is 3. The second-order valence-corrected chi connectivity index (χ2v) is 3.43. The minimum absolute atomic E-state index is 0.274. The monoisotopic (exact) mass is 242 g/mol. The molecule has 0 amide bonds. The van der Waals surface area contributed by atoms with Gasteiger partial charge in [0.15, 0.2) is 0 Å². The Kier molecular flexibility index (Phi) is 1.86. The third-order valence-corrected chi connectivity index (χ3v) is 1.95. The molecular formula is C6H3BrN4S. The van der Waals surface area contributed by atoms with Crippen molar-refractivity contribution in [2.45, 2.75) is 0 Å². The normalized spacial score (nSPS) is 15.4. The van der Waals surface area contributed by atoms with Crippen molar-refractivity contribution in [1.82, 2.24) is 4.98 Å². The maximum absolute atomic E-state index is 4.73. The van der Waals surface area contributed by atoms with E-state index in [2.05, 4.69) is 36.1 Å². The first kappa shape index (κ1) is 7.75. The summed E-state index contributed by atoms with van der Waals surface area (Å²) in [6.45, 7) is 0. The van der Waals surface area contributed by atoms with Crippen molar-refractivity contribution in [3.05, 3.63) is 22.4 Å². The van der Waals surface area contributed by atoms with Gasteiger partial charge in [-0.2, -0.15) is 4.99 Å². The lowest BCUT2D eigenvalue weighted by Gasteiger charge is -1.86. The van der Waals surface area contributed by atoms with Crippen LogP contribution in [0.25, 0.3) is 0 Å². The van der Waals surface area contributed by atoms with Crippen LogP contribution in [0.1, 0.15) is 5.69 Å². The first-order valence-electron chi connectivity index (χ1n) is 3.14. The van der Waals surface area contributed by atoms with Crippen molar-refractivity contribution < 1.29 is 0 Å². The van der Waals surface area contributed by atoms with Crippen molar-refractivity contribution in [2.75, 3.05) is 0 Å². The van der Waals surface area contributed by atoms with Crippen LogP contribution in [0.4, 0.5) is 0 Å². The van der Waals surface area contributed by atoms with Crippen LogP contribution in [0, 0.1) is 0 Å². The van der Waals surface area contributed by atoms with E-state index in [1.54, 1.807) is 6.20 Å². The Labute approximate surface area is 81.9 Å². The quantitative estimate of drug-likeness (QED) is 0.755. The Morgan fingerprint density at radius 2 is 2.25 bits per heavy atom. The topological polar surface area (TPSA) is 52.9 Å². The number of hydrogen-bond donors (Lipinski definition) is 1. The number of hydrogen-bond acceptors (Lipinski definition) is 2. The summed E-state index contributed by atoms with van der Waals surface area (Å²) in [5.74, 6) is 0.533. The number of rotatable bonds is 1. The van der Waals surface area contributed by atoms with Gasteiger partial charge in [0.25, 0.3) is 0 Å². The van der Waals surface area contributed by atoms with Crippen LogP contribution >= 0.6 is 28.1 Å². The standard InChI is InChI=1S/C6H3BrN4S/c7-3-1-4(8-2-3)5-9-6(12)11-10-5/h1-2,8H. The van der Waals surface area contributed by atoms with Gasteiger partial charge < -0.3 is 4.98 Å². The number of amidine groups is 1. The van der Waals surface area contributed by atoms with Crippen molar-refractivity contribution >= 4 is 39.1 Å². The zero-order chi connectivity index (χ0) is 8.55. The molecule has 0 saturated carbocycles. The van der Waals surface area contributed by atoms with Crippen molar-refractivity contribution in [3.8, 4) is 0 Å². The highest BCUT2D eigenvalue weighted by atomic mass is 79.9. The van der Waals surface area contributed by atoms with Gasteiger partial charge >= 0.3 is 0 Å². The molecule has 0 atom stereocenters. The Morgan fingerprint density at radius 3 is 2.75 bits per heavy atom. The van der Waals surface area contributed by atoms with Crippen LogP contribution in [-0.4, -0.2) is 15.9 Å². The largest absolute Gasteiger partial charge is 0.357 e.